The van der Waals surface area contributed by atoms with Crippen LogP contribution in [0.4, 0.5) is 8.78 Å². The van der Waals surface area contributed by atoms with Gasteiger partial charge >= 0.3 is 5.97 Å². The zero-order valence-corrected chi connectivity index (χ0v) is 16.5. The fourth-order valence-corrected chi connectivity index (χ4v) is 3.91. The first-order valence-corrected chi connectivity index (χ1v) is 10.3. The predicted molar refractivity (Wildman–Crippen MR) is 107 cm³/mol. The Morgan fingerprint density at radius 2 is 1.84 bits per heavy atom. The van der Waals surface area contributed by atoms with Gasteiger partial charge in [-0.25, -0.2) is 32.0 Å². The number of sulfonamides is 1. The topological polar surface area (TPSA) is 103 Å². The standard InChI is InChI=1S/C20H14F2N4O4S/c21-12-25-31(28,29)18-11-26(17-7-2-1-6-16(17)18)30-20(27)14-9-23-19(24-10-14)13-4-3-5-15(22)8-13/h1-11,25H,12H2. The molecule has 0 atom stereocenters. The molecular formula is C20H14F2N4O4S. The minimum Gasteiger partial charge on any atom is -0.331 e. The first kappa shape index (κ1) is 20.6. The van der Waals surface area contributed by atoms with Crippen LogP contribution in [-0.4, -0.2) is 35.9 Å². The number of para-hydroxylation sites is 1. The van der Waals surface area contributed by atoms with E-state index in [0.29, 0.717) is 5.56 Å². The maximum absolute atomic E-state index is 13.4. The highest BCUT2D eigenvalue weighted by atomic mass is 32.2. The SMILES string of the molecule is O=C(On1cc(S(=O)(=O)NCF)c2ccccc21)c1cnc(-c2cccc(F)c2)nc1. The Morgan fingerprint density at radius 3 is 2.55 bits per heavy atom. The van der Waals surface area contributed by atoms with Crippen LogP contribution in [0.15, 0.2) is 72.0 Å². The van der Waals surface area contributed by atoms with Crippen LogP contribution in [0.25, 0.3) is 22.3 Å². The Bertz CT molecular complexity index is 1370. The molecule has 4 rings (SSSR count). The Labute approximate surface area is 175 Å². The normalized spacial score (nSPS) is 11.5. The van der Waals surface area contributed by atoms with E-state index in [1.54, 1.807) is 29.0 Å². The molecule has 4 aromatic rings. The van der Waals surface area contributed by atoms with Crippen molar-refractivity contribution in [2.75, 3.05) is 6.80 Å². The van der Waals surface area contributed by atoms with E-state index < -0.39 is 28.6 Å². The minimum absolute atomic E-state index is 0.00998. The van der Waals surface area contributed by atoms with Gasteiger partial charge < -0.3 is 4.84 Å². The summed E-state index contributed by atoms with van der Waals surface area (Å²) in [5.41, 5.74) is 0.711. The highest BCUT2D eigenvalue weighted by molar-refractivity contribution is 7.89. The summed E-state index contributed by atoms with van der Waals surface area (Å²) in [6.45, 7) is -1.28. The molecule has 0 aliphatic rings. The smallest absolute Gasteiger partial charge is 0.331 e. The number of benzene rings is 2. The lowest BCUT2D eigenvalue weighted by atomic mass is 10.2. The average Bonchev–Trinajstić information content (AvgIpc) is 3.13. The van der Waals surface area contributed by atoms with Crippen molar-refractivity contribution in [3.05, 3.63) is 78.5 Å². The lowest BCUT2D eigenvalue weighted by Gasteiger charge is -2.06. The number of halogens is 2. The first-order chi connectivity index (χ1) is 14.9. The molecule has 2 aromatic heterocycles. The summed E-state index contributed by atoms with van der Waals surface area (Å²) < 4.78 is 53.2. The van der Waals surface area contributed by atoms with Crippen molar-refractivity contribution in [1.29, 1.82) is 0 Å². The van der Waals surface area contributed by atoms with Crippen LogP contribution >= 0.6 is 0 Å². The number of hydrogen-bond acceptors (Lipinski definition) is 6. The third-order valence-electron chi connectivity index (χ3n) is 4.33. The molecule has 31 heavy (non-hydrogen) atoms. The molecule has 0 aliphatic carbocycles. The van der Waals surface area contributed by atoms with Crippen molar-refractivity contribution < 1.29 is 26.8 Å². The lowest BCUT2D eigenvalue weighted by Crippen LogP contribution is -2.23. The van der Waals surface area contributed by atoms with Gasteiger partial charge in [0.1, 0.15) is 10.7 Å². The summed E-state index contributed by atoms with van der Waals surface area (Å²) in [4.78, 5) is 25.7. The van der Waals surface area contributed by atoms with E-state index in [9.17, 15) is 22.0 Å². The molecular weight excluding hydrogens is 430 g/mol. The van der Waals surface area contributed by atoms with E-state index in [0.717, 1.165) is 10.9 Å². The lowest BCUT2D eigenvalue weighted by molar-refractivity contribution is 0.0480. The second kappa shape index (κ2) is 8.20. The molecule has 2 heterocycles. The van der Waals surface area contributed by atoms with Crippen molar-refractivity contribution in [2.24, 2.45) is 0 Å². The van der Waals surface area contributed by atoms with Gasteiger partial charge in [0.25, 0.3) is 0 Å². The molecule has 11 heteroatoms. The van der Waals surface area contributed by atoms with Crippen LogP contribution in [-0.2, 0) is 10.0 Å². The molecule has 0 bridgehead atoms. The average molecular weight is 444 g/mol. The highest BCUT2D eigenvalue weighted by Gasteiger charge is 2.22. The zero-order valence-electron chi connectivity index (χ0n) is 15.7. The van der Waals surface area contributed by atoms with Crippen LogP contribution < -0.4 is 9.56 Å². The van der Waals surface area contributed by atoms with Crippen molar-refractivity contribution in [3.8, 4) is 11.4 Å². The molecule has 158 valence electrons. The molecule has 2 aromatic carbocycles. The first-order valence-electron chi connectivity index (χ1n) is 8.85. The maximum atomic E-state index is 13.4. The van der Waals surface area contributed by atoms with E-state index in [4.69, 9.17) is 4.84 Å². The predicted octanol–water partition coefficient (Wildman–Crippen LogP) is 2.71. The molecule has 0 fully saturated rings. The quantitative estimate of drug-likeness (QED) is 0.459. The number of hydrogen-bond donors (Lipinski definition) is 1. The summed E-state index contributed by atoms with van der Waals surface area (Å²) in [7, 11) is -4.15. The molecule has 0 radical (unpaired) electrons. The second-order valence-electron chi connectivity index (χ2n) is 6.30. The van der Waals surface area contributed by atoms with Crippen molar-refractivity contribution in [1.82, 2.24) is 19.4 Å². The third-order valence-corrected chi connectivity index (χ3v) is 5.72. The number of carbonyl (C=O) groups is 1. The van der Waals surface area contributed by atoms with E-state index in [1.165, 1.54) is 36.7 Å². The van der Waals surface area contributed by atoms with Crippen LogP contribution in [0.1, 0.15) is 10.4 Å². The Balaban J connectivity index is 1.63. The molecule has 0 amide bonds. The van der Waals surface area contributed by atoms with E-state index in [-0.39, 0.29) is 27.2 Å². The molecule has 8 nitrogen and oxygen atoms in total. The molecule has 1 N–H and O–H groups in total. The van der Waals surface area contributed by atoms with Gasteiger partial charge in [-0.1, -0.05) is 30.3 Å². The molecule has 0 saturated carbocycles. The van der Waals surface area contributed by atoms with Gasteiger partial charge in [0.15, 0.2) is 12.6 Å². The van der Waals surface area contributed by atoms with Gasteiger partial charge in [-0.15, -0.1) is 0 Å². The van der Waals surface area contributed by atoms with Crippen molar-refractivity contribution >= 4 is 26.9 Å². The molecule has 0 aliphatic heterocycles. The third kappa shape index (κ3) is 4.13. The van der Waals surface area contributed by atoms with Crippen LogP contribution in [0.5, 0.6) is 0 Å². The van der Waals surface area contributed by atoms with Crippen molar-refractivity contribution in [2.45, 2.75) is 4.90 Å². The number of nitrogens with one attached hydrogen (secondary N) is 1. The highest BCUT2D eigenvalue weighted by Crippen LogP contribution is 2.25. The van der Waals surface area contributed by atoms with Gasteiger partial charge in [-0.3, -0.25) is 0 Å². The maximum Gasteiger partial charge on any atom is 0.366 e. The van der Waals surface area contributed by atoms with E-state index in [1.807, 2.05) is 0 Å². The largest absolute Gasteiger partial charge is 0.366 e. The number of carbonyl (C=O) groups excluding carboxylic acids is 1. The Morgan fingerprint density at radius 1 is 1.10 bits per heavy atom. The summed E-state index contributed by atoms with van der Waals surface area (Å²) in [5, 5.41) is 0.244. The molecule has 0 unspecified atom stereocenters. The van der Waals surface area contributed by atoms with Gasteiger partial charge in [-0.2, -0.15) is 9.45 Å². The minimum atomic E-state index is -4.15. The van der Waals surface area contributed by atoms with E-state index in [2.05, 4.69) is 9.97 Å². The summed E-state index contributed by atoms with van der Waals surface area (Å²) in [6.07, 6.45) is 3.50. The Kier molecular flexibility index (Phi) is 5.44. The van der Waals surface area contributed by atoms with E-state index >= 15 is 0 Å². The number of rotatable bonds is 6. The number of nitrogens with zero attached hydrogens (tertiary/aromatic N) is 3. The fraction of sp³-hybridized carbons (Fsp3) is 0.0500. The van der Waals surface area contributed by atoms with Crippen LogP contribution in [0.2, 0.25) is 0 Å². The second-order valence-corrected chi connectivity index (χ2v) is 8.04. The van der Waals surface area contributed by atoms with Gasteiger partial charge in [0.05, 0.1) is 17.3 Å². The monoisotopic (exact) mass is 444 g/mol. The molecule has 0 spiro atoms. The zero-order chi connectivity index (χ0) is 22.0. The van der Waals surface area contributed by atoms with Gasteiger partial charge in [0, 0.05) is 23.3 Å². The number of fused-ring (bicyclic) bond motifs is 1. The van der Waals surface area contributed by atoms with Crippen LogP contribution in [0.3, 0.4) is 0 Å². The fourth-order valence-electron chi connectivity index (χ4n) is 2.91. The summed E-state index contributed by atoms with van der Waals surface area (Å²) in [5.74, 6) is -1.08. The summed E-state index contributed by atoms with van der Waals surface area (Å²) >= 11 is 0. The van der Waals surface area contributed by atoms with Gasteiger partial charge in [-0.05, 0) is 18.2 Å². The summed E-state index contributed by atoms with van der Waals surface area (Å²) in [6, 6.07) is 11.9. The Hall–Kier alpha value is -3.70. The number of alkyl halides is 1. The number of aromatic nitrogens is 3. The van der Waals surface area contributed by atoms with Gasteiger partial charge in [0.2, 0.25) is 10.0 Å². The van der Waals surface area contributed by atoms with Crippen LogP contribution in [0, 0.1) is 5.82 Å². The molecule has 0 saturated heterocycles. The van der Waals surface area contributed by atoms with Crippen molar-refractivity contribution in [3.63, 3.8) is 0 Å².